The minimum absolute atomic E-state index is 0.0325. The summed E-state index contributed by atoms with van der Waals surface area (Å²) in [5, 5.41) is 2.84. The van der Waals surface area contributed by atoms with Crippen LogP contribution in [0.15, 0.2) is 30.3 Å². The number of fused-ring (bicyclic) bond motifs is 1. The zero-order chi connectivity index (χ0) is 15.0. The first kappa shape index (κ1) is 13.5. The lowest BCUT2D eigenvalue weighted by Crippen LogP contribution is -2.19. The summed E-state index contributed by atoms with van der Waals surface area (Å²) < 4.78 is 5.98. The second kappa shape index (κ2) is 5.13. The molecule has 3 N–H and O–H groups in total. The highest BCUT2D eigenvalue weighted by Gasteiger charge is 2.17. The molecule has 1 aliphatic rings. The number of anilines is 2. The molecule has 0 radical (unpaired) electrons. The molecule has 2 aromatic rings. The van der Waals surface area contributed by atoms with E-state index in [2.05, 4.69) is 5.32 Å². The van der Waals surface area contributed by atoms with Gasteiger partial charge in [-0.05, 0) is 55.2 Å². The fraction of sp³-hybridized carbons (Fsp3) is 0.235. The number of amides is 1. The van der Waals surface area contributed by atoms with Crippen molar-refractivity contribution in [3.05, 3.63) is 47.0 Å². The van der Waals surface area contributed by atoms with Crippen molar-refractivity contribution in [1.82, 2.24) is 0 Å². The molecule has 0 saturated heterocycles. The quantitative estimate of drug-likeness (QED) is 0.828. The first-order chi connectivity index (χ1) is 10.0. The zero-order valence-corrected chi connectivity index (χ0v) is 12.2. The van der Waals surface area contributed by atoms with Crippen molar-refractivity contribution in [2.24, 2.45) is 0 Å². The van der Waals surface area contributed by atoms with E-state index < -0.39 is 0 Å². The molecule has 0 aliphatic carbocycles. The smallest absolute Gasteiger partial charge is 0.224 e. The lowest BCUT2D eigenvalue weighted by Gasteiger charge is -2.20. The number of aryl methyl sites for hydroxylation is 2. The van der Waals surface area contributed by atoms with Gasteiger partial charge in [0.1, 0.15) is 5.75 Å². The van der Waals surface area contributed by atoms with Gasteiger partial charge >= 0.3 is 0 Å². The molecule has 0 saturated carbocycles. The number of nitrogens with two attached hydrogens (primary N) is 1. The normalized spacial score (nSPS) is 13.5. The Balaban J connectivity index is 1.96. The van der Waals surface area contributed by atoms with E-state index in [1.807, 2.05) is 38.1 Å². The number of hydrogen-bond acceptors (Lipinski definition) is 3. The summed E-state index contributed by atoms with van der Waals surface area (Å²) in [4.78, 5) is 11.4. The molecule has 3 rings (SSSR count). The van der Waals surface area contributed by atoms with Crippen molar-refractivity contribution >= 4 is 17.3 Å². The van der Waals surface area contributed by atoms with Crippen LogP contribution in [0.3, 0.4) is 0 Å². The molecule has 4 heteroatoms. The summed E-state index contributed by atoms with van der Waals surface area (Å²) >= 11 is 0. The molecular weight excluding hydrogens is 264 g/mol. The maximum absolute atomic E-state index is 11.4. The van der Waals surface area contributed by atoms with Crippen molar-refractivity contribution in [1.29, 1.82) is 0 Å². The van der Waals surface area contributed by atoms with E-state index in [-0.39, 0.29) is 5.91 Å². The SMILES string of the molecule is Cc1cccc(Oc2cc3c(cc2N)NC(=O)CC3)c1C. The number of benzene rings is 2. The Morgan fingerprint density at radius 2 is 1.95 bits per heavy atom. The number of rotatable bonds is 2. The van der Waals surface area contributed by atoms with Gasteiger partial charge in [-0.15, -0.1) is 0 Å². The van der Waals surface area contributed by atoms with E-state index in [1.165, 1.54) is 5.56 Å². The summed E-state index contributed by atoms with van der Waals surface area (Å²) in [7, 11) is 0. The summed E-state index contributed by atoms with van der Waals surface area (Å²) in [6.45, 7) is 4.08. The predicted octanol–water partition coefficient (Wildman–Crippen LogP) is 3.56. The molecule has 4 nitrogen and oxygen atoms in total. The van der Waals surface area contributed by atoms with Crippen molar-refractivity contribution in [2.45, 2.75) is 26.7 Å². The lowest BCUT2D eigenvalue weighted by molar-refractivity contribution is -0.116. The Morgan fingerprint density at radius 3 is 2.76 bits per heavy atom. The van der Waals surface area contributed by atoms with Gasteiger partial charge in [-0.1, -0.05) is 12.1 Å². The number of ether oxygens (including phenoxy) is 1. The predicted molar refractivity (Wildman–Crippen MR) is 83.8 cm³/mol. The minimum atomic E-state index is 0.0325. The number of carbonyl (C=O) groups is 1. The number of nitrogens with one attached hydrogen (secondary N) is 1. The summed E-state index contributed by atoms with van der Waals surface area (Å²) in [5.74, 6) is 1.48. The van der Waals surface area contributed by atoms with Gasteiger partial charge in [0.05, 0.1) is 5.69 Å². The number of hydrogen-bond donors (Lipinski definition) is 2. The standard InChI is InChI=1S/C17H18N2O2/c1-10-4-3-5-15(11(10)2)21-16-8-12-6-7-17(20)19-14(12)9-13(16)18/h3-5,8-9H,6-7,18H2,1-2H3,(H,19,20). The maximum atomic E-state index is 11.4. The summed E-state index contributed by atoms with van der Waals surface area (Å²) in [5.41, 5.74) is 10.7. The molecule has 0 unspecified atom stereocenters. The van der Waals surface area contributed by atoms with Crippen LogP contribution in [0.2, 0.25) is 0 Å². The van der Waals surface area contributed by atoms with Gasteiger partial charge < -0.3 is 15.8 Å². The maximum Gasteiger partial charge on any atom is 0.224 e. The molecule has 0 aromatic heterocycles. The van der Waals surface area contributed by atoms with Crippen molar-refractivity contribution in [3.8, 4) is 11.5 Å². The fourth-order valence-electron chi connectivity index (χ4n) is 2.46. The van der Waals surface area contributed by atoms with E-state index in [4.69, 9.17) is 10.5 Å². The van der Waals surface area contributed by atoms with Crippen LogP contribution in [0.4, 0.5) is 11.4 Å². The topological polar surface area (TPSA) is 64.3 Å². The molecule has 0 fully saturated rings. The highest BCUT2D eigenvalue weighted by atomic mass is 16.5. The fourth-order valence-corrected chi connectivity index (χ4v) is 2.46. The molecule has 0 bridgehead atoms. The number of nitrogen functional groups attached to an aromatic ring is 1. The molecule has 1 amide bonds. The van der Waals surface area contributed by atoms with E-state index in [9.17, 15) is 4.79 Å². The van der Waals surface area contributed by atoms with Crippen LogP contribution in [0.5, 0.6) is 11.5 Å². The van der Waals surface area contributed by atoms with Gasteiger partial charge in [0.2, 0.25) is 5.91 Å². The van der Waals surface area contributed by atoms with Gasteiger partial charge in [0, 0.05) is 12.1 Å². The van der Waals surface area contributed by atoms with Crippen LogP contribution in [-0.4, -0.2) is 5.91 Å². The molecule has 21 heavy (non-hydrogen) atoms. The highest BCUT2D eigenvalue weighted by Crippen LogP contribution is 2.36. The highest BCUT2D eigenvalue weighted by molar-refractivity contribution is 5.94. The van der Waals surface area contributed by atoms with Crippen molar-refractivity contribution < 1.29 is 9.53 Å². The summed E-state index contributed by atoms with van der Waals surface area (Å²) in [6, 6.07) is 9.64. The Labute approximate surface area is 123 Å². The molecular formula is C17H18N2O2. The van der Waals surface area contributed by atoms with Crippen LogP contribution in [0.1, 0.15) is 23.1 Å². The second-order valence-electron chi connectivity index (χ2n) is 5.40. The van der Waals surface area contributed by atoms with Crippen molar-refractivity contribution in [3.63, 3.8) is 0 Å². The van der Waals surface area contributed by atoms with Crippen molar-refractivity contribution in [2.75, 3.05) is 11.1 Å². The summed E-state index contributed by atoms with van der Waals surface area (Å²) in [6.07, 6.45) is 1.21. The van der Waals surface area contributed by atoms with Crippen LogP contribution >= 0.6 is 0 Å². The van der Waals surface area contributed by atoms with Crippen LogP contribution in [0, 0.1) is 13.8 Å². The average molecular weight is 282 g/mol. The van der Waals surface area contributed by atoms with Gasteiger partial charge in [0.25, 0.3) is 0 Å². The molecule has 2 aromatic carbocycles. The van der Waals surface area contributed by atoms with Gasteiger partial charge in [0.15, 0.2) is 5.75 Å². The van der Waals surface area contributed by atoms with Gasteiger partial charge in [-0.2, -0.15) is 0 Å². The Bertz CT molecular complexity index is 723. The molecule has 0 spiro atoms. The minimum Gasteiger partial charge on any atom is -0.455 e. The monoisotopic (exact) mass is 282 g/mol. The van der Waals surface area contributed by atoms with E-state index in [0.717, 1.165) is 22.6 Å². The van der Waals surface area contributed by atoms with Crippen LogP contribution in [0.25, 0.3) is 0 Å². The average Bonchev–Trinajstić information content (AvgIpc) is 2.45. The first-order valence-corrected chi connectivity index (χ1v) is 7.01. The van der Waals surface area contributed by atoms with Crippen LogP contribution in [-0.2, 0) is 11.2 Å². The third kappa shape index (κ3) is 2.57. The Morgan fingerprint density at radius 1 is 1.14 bits per heavy atom. The Hall–Kier alpha value is -2.49. The molecule has 1 heterocycles. The second-order valence-corrected chi connectivity index (χ2v) is 5.40. The van der Waals surface area contributed by atoms with E-state index in [1.54, 1.807) is 6.07 Å². The molecule has 108 valence electrons. The van der Waals surface area contributed by atoms with Crippen LogP contribution < -0.4 is 15.8 Å². The van der Waals surface area contributed by atoms with E-state index in [0.29, 0.717) is 24.3 Å². The Kier molecular flexibility index (Phi) is 3.29. The molecule has 0 atom stereocenters. The third-order valence-corrected chi connectivity index (χ3v) is 3.91. The number of carbonyl (C=O) groups excluding carboxylic acids is 1. The zero-order valence-electron chi connectivity index (χ0n) is 12.2. The van der Waals surface area contributed by atoms with E-state index >= 15 is 0 Å². The van der Waals surface area contributed by atoms with Gasteiger partial charge in [-0.25, -0.2) is 0 Å². The van der Waals surface area contributed by atoms with Gasteiger partial charge in [-0.3, -0.25) is 4.79 Å². The third-order valence-electron chi connectivity index (χ3n) is 3.91. The largest absolute Gasteiger partial charge is 0.455 e. The first-order valence-electron chi connectivity index (χ1n) is 7.01. The molecule has 1 aliphatic heterocycles. The lowest BCUT2D eigenvalue weighted by atomic mass is 10.0.